The fourth-order valence-corrected chi connectivity index (χ4v) is 2.45. The van der Waals surface area contributed by atoms with E-state index >= 15 is 0 Å². The number of hydrogen-bond donors (Lipinski definition) is 1. The van der Waals surface area contributed by atoms with Gasteiger partial charge in [-0.3, -0.25) is 19.2 Å². The highest BCUT2D eigenvalue weighted by atomic mass is 16.5. The van der Waals surface area contributed by atoms with E-state index in [0.29, 0.717) is 11.3 Å². The standard InChI is InChI=1S/C22H24N2O5/c1-16-8-10-18(11-9-16)23-20(26)14-24(2)21(27)15-29-22(28)13-12-19(25)17-6-4-3-5-7-17/h3-11H,12-15H2,1-2H3,(H,23,26). The fraction of sp³-hybridized carbons (Fsp3) is 0.273. The van der Waals surface area contributed by atoms with Gasteiger partial charge in [-0.1, -0.05) is 48.0 Å². The number of benzene rings is 2. The molecule has 0 radical (unpaired) electrons. The summed E-state index contributed by atoms with van der Waals surface area (Å²) in [5, 5.41) is 2.69. The van der Waals surface area contributed by atoms with Gasteiger partial charge in [0.05, 0.1) is 13.0 Å². The second kappa shape index (κ2) is 10.8. The maximum atomic E-state index is 12.0. The van der Waals surface area contributed by atoms with Gasteiger partial charge in [0.2, 0.25) is 5.91 Å². The van der Waals surface area contributed by atoms with Crippen molar-refractivity contribution in [1.29, 1.82) is 0 Å². The monoisotopic (exact) mass is 396 g/mol. The van der Waals surface area contributed by atoms with E-state index in [1.807, 2.05) is 19.1 Å². The highest BCUT2D eigenvalue weighted by Crippen LogP contribution is 2.09. The minimum Gasteiger partial charge on any atom is -0.456 e. The Morgan fingerprint density at radius 2 is 1.59 bits per heavy atom. The van der Waals surface area contributed by atoms with Crippen LogP contribution in [0.4, 0.5) is 5.69 Å². The third-order valence-corrected chi connectivity index (χ3v) is 4.15. The van der Waals surface area contributed by atoms with Gasteiger partial charge in [0.25, 0.3) is 5.91 Å². The van der Waals surface area contributed by atoms with Crippen LogP contribution in [-0.4, -0.2) is 48.7 Å². The van der Waals surface area contributed by atoms with Crippen LogP contribution in [0.2, 0.25) is 0 Å². The van der Waals surface area contributed by atoms with Crippen molar-refractivity contribution in [1.82, 2.24) is 4.90 Å². The molecule has 0 aromatic heterocycles. The quantitative estimate of drug-likeness (QED) is 0.520. The number of aryl methyl sites for hydroxylation is 1. The SMILES string of the molecule is Cc1ccc(NC(=O)CN(C)C(=O)COC(=O)CCC(=O)c2ccccc2)cc1. The summed E-state index contributed by atoms with van der Waals surface area (Å²) in [5.41, 5.74) is 2.23. The lowest BCUT2D eigenvalue weighted by atomic mass is 10.1. The third kappa shape index (κ3) is 7.57. The Morgan fingerprint density at radius 3 is 2.24 bits per heavy atom. The molecular weight excluding hydrogens is 372 g/mol. The van der Waals surface area contributed by atoms with Crippen molar-refractivity contribution in [2.45, 2.75) is 19.8 Å². The Morgan fingerprint density at radius 1 is 0.931 bits per heavy atom. The Labute approximate surface area is 169 Å². The molecule has 0 bridgehead atoms. The Balaban J connectivity index is 1.69. The number of anilines is 1. The number of esters is 1. The molecule has 0 unspecified atom stereocenters. The van der Waals surface area contributed by atoms with Gasteiger partial charge in [-0.25, -0.2) is 0 Å². The lowest BCUT2D eigenvalue weighted by molar-refractivity contribution is -0.151. The lowest BCUT2D eigenvalue weighted by Crippen LogP contribution is -2.37. The molecule has 0 heterocycles. The van der Waals surface area contributed by atoms with Crippen LogP contribution in [0.1, 0.15) is 28.8 Å². The molecule has 7 heteroatoms. The van der Waals surface area contributed by atoms with Crippen molar-refractivity contribution in [3.8, 4) is 0 Å². The van der Waals surface area contributed by atoms with Gasteiger partial charge in [-0.15, -0.1) is 0 Å². The van der Waals surface area contributed by atoms with Crippen molar-refractivity contribution < 1.29 is 23.9 Å². The van der Waals surface area contributed by atoms with Crippen LogP contribution in [0, 0.1) is 6.92 Å². The minimum atomic E-state index is -0.639. The maximum absolute atomic E-state index is 12.0. The van der Waals surface area contributed by atoms with Crippen LogP contribution in [0.3, 0.4) is 0 Å². The topological polar surface area (TPSA) is 92.8 Å². The highest BCUT2D eigenvalue weighted by Gasteiger charge is 2.16. The number of nitrogens with one attached hydrogen (secondary N) is 1. The van der Waals surface area contributed by atoms with Crippen LogP contribution >= 0.6 is 0 Å². The van der Waals surface area contributed by atoms with Gasteiger partial charge in [0, 0.05) is 24.7 Å². The first kappa shape index (κ1) is 21.8. The molecule has 0 aliphatic rings. The normalized spacial score (nSPS) is 10.1. The zero-order chi connectivity index (χ0) is 21.2. The average molecular weight is 396 g/mol. The predicted octanol–water partition coefficient (Wildman–Crippen LogP) is 2.60. The van der Waals surface area contributed by atoms with Crippen LogP contribution in [0.25, 0.3) is 0 Å². The summed E-state index contributed by atoms with van der Waals surface area (Å²) in [5.74, 6) is -1.67. The van der Waals surface area contributed by atoms with Gasteiger partial charge in [-0.05, 0) is 19.1 Å². The molecule has 29 heavy (non-hydrogen) atoms. The number of ketones is 1. The lowest BCUT2D eigenvalue weighted by Gasteiger charge is -2.16. The molecule has 2 aromatic rings. The van der Waals surface area contributed by atoms with Gasteiger partial charge >= 0.3 is 5.97 Å². The number of Topliss-reactive ketones (excluding diaryl/α,β-unsaturated/α-hetero) is 1. The van der Waals surface area contributed by atoms with Crippen LogP contribution in [-0.2, 0) is 19.1 Å². The number of likely N-dealkylation sites (N-methyl/N-ethyl adjacent to an activating group) is 1. The molecule has 0 aliphatic heterocycles. The van der Waals surface area contributed by atoms with Gasteiger partial charge in [0.1, 0.15) is 0 Å². The summed E-state index contributed by atoms with van der Waals surface area (Å²) in [4.78, 5) is 49.0. The van der Waals surface area contributed by atoms with E-state index in [2.05, 4.69) is 5.32 Å². The van der Waals surface area contributed by atoms with E-state index in [4.69, 9.17) is 4.74 Å². The molecular formula is C22H24N2O5. The van der Waals surface area contributed by atoms with E-state index in [9.17, 15) is 19.2 Å². The van der Waals surface area contributed by atoms with Gasteiger partial charge in [0.15, 0.2) is 12.4 Å². The number of rotatable bonds is 9. The molecule has 2 aromatic carbocycles. The molecule has 0 atom stereocenters. The van der Waals surface area contributed by atoms with Gasteiger partial charge in [-0.2, -0.15) is 0 Å². The average Bonchev–Trinajstić information content (AvgIpc) is 2.72. The zero-order valence-electron chi connectivity index (χ0n) is 16.5. The van der Waals surface area contributed by atoms with E-state index < -0.39 is 18.5 Å². The number of amides is 2. The van der Waals surface area contributed by atoms with Crippen LogP contribution < -0.4 is 5.32 Å². The fourth-order valence-electron chi connectivity index (χ4n) is 2.45. The number of nitrogens with zero attached hydrogens (tertiary/aromatic N) is 1. The largest absolute Gasteiger partial charge is 0.456 e. The minimum absolute atomic E-state index is 0.00579. The van der Waals surface area contributed by atoms with Crippen molar-refractivity contribution in [2.75, 3.05) is 25.5 Å². The number of carbonyl (C=O) groups excluding carboxylic acids is 4. The van der Waals surface area contributed by atoms with Crippen LogP contribution in [0.5, 0.6) is 0 Å². The molecule has 0 saturated heterocycles. The third-order valence-electron chi connectivity index (χ3n) is 4.15. The molecule has 1 N–H and O–H groups in total. The van der Waals surface area contributed by atoms with Crippen molar-refractivity contribution in [3.63, 3.8) is 0 Å². The summed E-state index contributed by atoms with van der Waals surface area (Å²) >= 11 is 0. The number of hydrogen-bond acceptors (Lipinski definition) is 5. The molecule has 0 fully saturated rings. The Hall–Kier alpha value is -3.48. The first-order valence-corrected chi connectivity index (χ1v) is 9.19. The van der Waals surface area contributed by atoms with Gasteiger partial charge < -0.3 is 15.0 Å². The van der Waals surface area contributed by atoms with E-state index in [-0.39, 0.29) is 31.1 Å². The Kier molecular flexibility index (Phi) is 8.09. The van der Waals surface area contributed by atoms with Crippen LogP contribution in [0.15, 0.2) is 54.6 Å². The molecule has 0 spiro atoms. The van der Waals surface area contributed by atoms with E-state index in [1.165, 1.54) is 11.9 Å². The first-order valence-electron chi connectivity index (χ1n) is 9.19. The molecule has 0 aliphatic carbocycles. The second-order valence-electron chi connectivity index (χ2n) is 6.61. The molecule has 2 rings (SSSR count). The Bertz CT molecular complexity index is 863. The molecule has 7 nitrogen and oxygen atoms in total. The van der Waals surface area contributed by atoms with E-state index in [1.54, 1.807) is 42.5 Å². The summed E-state index contributed by atoms with van der Waals surface area (Å²) in [6.45, 7) is 1.29. The van der Waals surface area contributed by atoms with E-state index in [0.717, 1.165) is 5.56 Å². The number of carbonyl (C=O) groups is 4. The smallest absolute Gasteiger partial charge is 0.306 e. The summed E-state index contributed by atoms with van der Waals surface area (Å²) in [6, 6.07) is 15.9. The summed E-state index contributed by atoms with van der Waals surface area (Å²) in [7, 11) is 1.45. The van der Waals surface area contributed by atoms with Crippen molar-refractivity contribution in [3.05, 3.63) is 65.7 Å². The highest BCUT2D eigenvalue weighted by molar-refractivity contribution is 5.97. The summed E-state index contributed by atoms with van der Waals surface area (Å²) < 4.78 is 4.91. The second-order valence-corrected chi connectivity index (χ2v) is 6.61. The molecule has 0 saturated carbocycles. The predicted molar refractivity (Wildman–Crippen MR) is 108 cm³/mol. The van der Waals surface area contributed by atoms with Crippen molar-refractivity contribution in [2.24, 2.45) is 0 Å². The molecule has 2 amide bonds. The van der Waals surface area contributed by atoms with Crippen molar-refractivity contribution >= 4 is 29.3 Å². The molecule has 152 valence electrons. The maximum Gasteiger partial charge on any atom is 0.306 e. The summed E-state index contributed by atoms with van der Waals surface area (Å²) in [6.07, 6.45) is -0.107. The zero-order valence-corrected chi connectivity index (χ0v) is 16.5. The number of ether oxygens (including phenoxy) is 1. The first-order chi connectivity index (χ1) is 13.8.